The van der Waals surface area contributed by atoms with E-state index in [-0.39, 0.29) is 24.1 Å². The molecule has 1 aliphatic heterocycles. The Morgan fingerprint density at radius 1 is 1.11 bits per heavy atom. The first-order valence-corrected chi connectivity index (χ1v) is 9.51. The molecule has 150 valence electrons. The smallest absolute Gasteiger partial charge is 0.251 e. The number of halogens is 2. The number of hydrogen-bond acceptors (Lipinski definition) is 3. The predicted molar refractivity (Wildman–Crippen MR) is 100 cm³/mol. The summed E-state index contributed by atoms with van der Waals surface area (Å²) < 4.78 is 26.3. The first-order chi connectivity index (χ1) is 12.8. The minimum Gasteiger partial charge on any atom is -0.353 e. The molecule has 1 atom stereocenters. The quantitative estimate of drug-likeness (QED) is 0.763. The lowest BCUT2D eigenvalue weighted by Crippen LogP contribution is -2.50. The maximum atomic E-state index is 13.2. The molecule has 0 aromatic heterocycles. The van der Waals surface area contributed by atoms with Gasteiger partial charge in [0, 0.05) is 24.2 Å². The van der Waals surface area contributed by atoms with Crippen LogP contribution >= 0.6 is 0 Å². The largest absolute Gasteiger partial charge is 0.353 e. The SMILES string of the molecule is CC1CCN(C(CNC(=O)CNC(=O)c2cc(F)cc(F)c2)C(C)C)CC1. The summed E-state index contributed by atoms with van der Waals surface area (Å²) in [6.07, 6.45) is 2.33. The maximum Gasteiger partial charge on any atom is 0.251 e. The van der Waals surface area contributed by atoms with Crippen molar-refractivity contribution in [3.05, 3.63) is 35.4 Å². The van der Waals surface area contributed by atoms with Gasteiger partial charge in [-0.15, -0.1) is 0 Å². The molecule has 0 radical (unpaired) electrons. The van der Waals surface area contributed by atoms with Gasteiger partial charge >= 0.3 is 0 Å². The van der Waals surface area contributed by atoms with Crippen LogP contribution in [0.4, 0.5) is 8.78 Å². The minimum absolute atomic E-state index is 0.150. The molecule has 1 fully saturated rings. The summed E-state index contributed by atoms with van der Waals surface area (Å²) >= 11 is 0. The zero-order valence-electron chi connectivity index (χ0n) is 16.2. The van der Waals surface area contributed by atoms with Crippen molar-refractivity contribution in [2.24, 2.45) is 11.8 Å². The number of nitrogens with one attached hydrogen (secondary N) is 2. The summed E-state index contributed by atoms with van der Waals surface area (Å²) in [7, 11) is 0. The maximum absolute atomic E-state index is 13.2. The van der Waals surface area contributed by atoms with Crippen molar-refractivity contribution < 1.29 is 18.4 Å². The zero-order valence-corrected chi connectivity index (χ0v) is 16.2. The van der Waals surface area contributed by atoms with E-state index in [4.69, 9.17) is 0 Å². The molecule has 1 heterocycles. The minimum atomic E-state index is -0.833. The number of rotatable bonds is 7. The van der Waals surface area contributed by atoms with Crippen molar-refractivity contribution in [3.63, 3.8) is 0 Å². The second-order valence-corrected chi connectivity index (χ2v) is 7.67. The Kier molecular flexibility index (Phi) is 7.71. The highest BCUT2D eigenvalue weighted by molar-refractivity contribution is 5.96. The Labute approximate surface area is 159 Å². The molecule has 7 heteroatoms. The molecule has 1 unspecified atom stereocenters. The Bertz CT molecular complexity index is 638. The van der Waals surface area contributed by atoms with E-state index in [9.17, 15) is 18.4 Å². The van der Waals surface area contributed by atoms with E-state index in [1.54, 1.807) is 0 Å². The lowest BCUT2D eigenvalue weighted by Gasteiger charge is -2.38. The van der Waals surface area contributed by atoms with E-state index in [1.807, 2.05) is 0 Å². The van der Waals surface area contributed by atoms with Gasteiger partial charge in [0.1, 0.15) is 11.6 Å². The van der Waals surface area contributed by atoms with Gasteiger partial charge in [-0.2, -0.15) is 0 Å². The van der Waals surface area contributed by atoms with Crippen molar-refractivity contribution in [3.8, 4) is 0 Å². The topological polar surface area (TPSA) is 61.4 Å². The molecule has 1 aromatic carbocycles. The van der Waals surface area contributed by atoms with Crippen LogP contribution in [-0.4, -0.2) is 48.9 Å². The van der Waals surface area contributed by atoms with E-state index in [2.05, 4.69) is 36.3 Å². The number of nitrogens with zero attached hydrogens (tertiary/aromatic N) is 1. The summed E-state index contributed by atoms with van der Waals surface area (Å²) in [5.74, 6) is -1.54. The van der Waals surface area contributed by atoms with Crippen molar-refractivity contribution in [1.82, 2.24) is 15.5 Å². The number of carbonyl (C=O) groups excluding carboxylic acids is 2. The lowest BCUT2D eigenvalue weighted by molar-refractivity contribution is -0.120. The van der Waals surface area contributed by atoms with Crippen LogP contribution in [0.25, 0.3) is 0 Å². The number of carbonyl (C=O) groups is 2. The molecule has 0 spiro atoms. The monoisotopic (exact) mass is 381 g/mol. The van der Waals surface area contributed by atoms with Crippen LogP contribution in [0, 0.1) is 23.5 Å². The van der Waals surface area contributed by atoms with E-state index >= 15 is 0 Å². The average Bonchev–Trinajstić information content (AvgIpc) is 2.60. The summed E-state index contributed by atoms with van der Waals surface area (Å²) in [6.45, 7) is 8.86. The van der Waals surface area contributed by atoms with Crippen molar-refractivity contribution in [2.45, 2.75) is 39.7 Å². The normalized spacial score (nSPS) is 17.0. The molecular weight excluding hydrogens is 352 g/mol. The van der Waals surface area contributed by atoms with Gasteiger partial charge in [-0.05, 0) is 49.9 Å². The predicted octanol–water partition coefficient (Wildman–Crippen LogP) is 2.57. The van der Waals surface area contributed by atoms with Crippen LogP contribution in [0.3, 0.4) is 0 Å². The number of likely N-dealkylation sites (tertiary alicyclic amines) is 1. The molecule has 2 amide bonds. The third-order valence-corrected chi connectivity index (χ3v) is 5.10. The Hall–Kier alpha value is -2.02. The van der Waals surface area contributed by atoms with Crippen LogP contribution in [0.5, 0.6) is 0 Å². The van der Waals surface area contributed by atoms with E-state index in [0.717, 1.165) is 44.0 Å². The fourth-order valence-electron chi connectivity index (χ4n) is 3.38. The second kappa shape index (κ2) is 9.78. The lowest BCUT2D eigenvalue weighted by atomic mass is 9.94. The number of piperidine rings is 1. The van der Waals surface area contributed by atoms with Gasteiger partial charge in [-0.25, -0.2) is 8.78 Å². The Balaban J connectivity index is 1.81. The summed E-state index contributed by atoms with van der Waals surface area (Å²) in [6, 6.07) is 2.80. The van der Waals surface area contributed by atoms with Crippen LogP contribution in [0.2, 0.25) is 0 Å². The molecular formula is C20H29F2N3O2. The highest BCUT2D eigenvalue weighted by atomic mass is 19.1. The molecule has 1 aromatic rings. The van der Waals surface area contributed by atoms with Gasteiger partial charge in [0.05, 0.1) is 6.54 Å². The zero-order chi connectivity index (χ0) is 20.0. The Morgan fingerprint density at radius 3 is 2.26 bits per heavy atom. The van der Waals surface area contributed by atoms with E-state index < -0.39 is 17.5 Å². The fraction of sp³-hybridized carbons (Fsp3) is 0.600. The van der Waals surface area contributed by atoms with E-state index in [0.29, 0.717) is 18.5 Å². The summed E-state index contributed by atoms with van der Waals surface area (Å²) in [5.41, 5.74) is -0.150. The van der Waals surface area contributed by atoms with Crippen LogP contribution in [0.15, 0.2) is 18.2 Å². The van der Waals surface area contributed by atoms with Crippen molar-refractivity contribution >= 4 is 11.8 Å². The first-order valence-electron chi connectivity index (χ1n) is 9.51. The van der Waals surface area contributed by atoms with Crippen LogP contribution < -0.4 is 10.6 Å². The van der Waals surface area contributed by atoms with Crippen molar-refractivity contribution in [1.29, 1.82) is 0 Å². The summed E-state index contributed by atoms with van der Waals surface area (Å²) in [5, 5.41) is 5.25. The highest BCUT2D eigenvalue weighted by Gasteiger charge is 2.26. The fourth-order valence-corrected chi connectivity index (χ4v) is 3.38. The van der Waals surface area contributed by atoms with Gasteiger partial charge in [0.2, 0.25) is 5.91 Å². The molecule has 2 N–H and O–H groups in total. The molecule has 5 nitrogen and oxygen atoms in total. The molecule has 1 aliphatic rings. The molecule has 0 aliphatic carbocycles. The van der Waals surface area contributed by atoms with Crippen LogP contribution in [0.1, 0.15) is 44.0 Å². The summed E-state index contributed by atoms with van der Waals surface area (Å²) in [4.78, 5) is 26.4. The average molecular weight is 381 g/mol. The van der Waals surface area contributed by atoms with Gasteiger partial charge in [0.25, 0.3) is 5.91 Å². The molecule has 27 heavy (non-hydrogen) atoms. The highest BCUT2D eigenvalue weighted by Crippen LogP contribution is 2.21. The van der Waals surface area contributed by atoms with Crippen LogP contribution in [-0.2, 0) is 4.79 Å². The first kappa shape index (κ1) is 21.3. The van der Waals surface area contributed by atoms with Crippen molar-refractivity contribution in [2.75, 3.05) is 26.2 Å². The van der Waals surface area contributed by atoms with Gasteiger partial charge in [-0.1, -0.05) is 20.8 Å². The standard InChI is InChI=1S/C20H29F2N3O2/c1-13(2)18(25-6-4-14(3)5-7-25)11-23-19(26)12-24-20(27)15-8-16(21)10-17(22)9-15/h8-10,13-14,18H,4-7,11-12H2,1-3H3,(H,23,26)(H,24,27). The number of hydrogen-bond donors (Lipinski definition) is 2. The molecule has 2 rings (SSSR count). The van der Waals surface area contributed by atoms with Gasteiger partial charge in [0.15, 0.2) is 0 Å². The number of amides is 2. The Morgan fingerprint density at radius 2 is 1.70 bits per heavy atom. The van der Waals surface area contributed by atoms with E-state index in [1.165, 1.54) is 0 Å². The van der Waals surface area contributed by atoms with Gasteiger partial charge in [-0.3, -0.25) is 14.5 Å². The molecule has 0 bridgehead atoms. The second-order valence-electron chi connectivity index (χ2n) is 7.67. The van der Waals surface area contributed by atoms with Gasteiger partial charge < -0.3 is 10.6 Å². The third kappa shape index (κ3) is 6.57. The molecule has 1 saturated heterocycles. The number of benzene rings is 1. The third-order valence-electron chi connectivity index (χ3n) is 5.10. The molecule has 0 saturated carbocycles.